The van der Waals surface area contributed by atoms with E-state index in [0.717, 1.165) is 40.7 Å². The van der Waals surface area contributed by atoms with Crippen LogP contribution >= 0.6 is 15.9 Å². The van der Waals surface area contributed by atoms with Gasteiger partial charge in [-0.15, -0.1) is 0 Å². The topological polar surface area (TPSA) is 25.2 Å². The van der Waals surface area contributed by atoms with Gasteiger partial charge in [0.05, 0.1) is 6.26 Å². The van der Waals surface area contributed by atoms with Crippen LogP contribution in [0, 0.1) is 12.7 Å². The fraction of sp³-hybridized carbons (Fsp3) is 0.375. The van der Waals surface area contributed by atoms with Crippen LogP contribution in [0.3, 0.4) is 0 Å². The van der Waals surface area contributed by atoms with Crippen LogP contribution < -0.4 is 5.32 Å². The number of rotatable bonds is 6. The van der Waals surface area contributed by atoms with Gasteiger partial charge < -0.3 is 9.73 Å². The molecule has 0 saturated heterocycles. The molecule has 2 aromatic rings. The van der Waals surface area contributed by atoms with Crippen LogP contribution in [0.2, 0.25) is 0 Å². The van der Waals surface area contributed by atoms with Gasteiger partial charge in [0.2, 0.25) is 0 Å². The molecule has 0 aliphatic heterocycles. The van der Waals surface area contributed by atoms with Crippen molar-refractivity contribution >= 4 is 15.9 Å². The molecule has 0 saturated carbocycles. The Hall–Kier alpha value is -1.13. The van der Waals surface area contributed by atoms with Gasteiger partial charge in [0, 0.05) is 16.1 Å². The summed E-state index contributed by atoms with van der Waals surface area (Å²) in [5, 5.41) is 3.51. The van der Waals surface area contributed by atoms with Crippen LogP contribution in [0.5, 0.6) is 0 Å². The molecule has 4 heteroatoms. The van der Waals surface area contributed by atoms with Crippen LogP contribution in [0.15, 0.2) is 39.4 Å². The summed E-state index contributed by atoms with van der Waals surface area (Å²) in [5.41, 5.74) is 2.21. The summed E-state index contributed by atoms with van der Waals surface area (Å²) in [6.45, 7) is 5.01. The van der Waals surface area contributed by atoms with Crippen LogP contribution in [-0.4, -0.2) is 6.54 Å². The van der Waals surface area contributed by atoms with E-state index >= 15 is 0 Å². The molecule has 1 unspecified atom stereocenters. The minimum Gasteiger partial charge on any atom is -0.469 e. The molecule has 2 nitrogen and oxygen atoms in total. The Balaban J connectivity index is 2.18. The fourth-order valence-corrected chi connectivity index (χ4v) is 2.69. The second kappa shape index (κ2) is 7.04. The minimum atomic E-state index is -0.224. The van der Waals surface area contributed by atoms with Crippen molar-refractivity contribution in [3.8, 4) is 0 Å². The number of halogens is 2. The predicted octanol–water partition coefficient (Wildman–Crippen LogP) is 4.77. The lowest BCUT2D eigenvalue weighted by Gasteiger charge is -2.18. The van der Waals surface area contributed by atoms with Crippen LogP contribution in [0.25, 0.3) is 0 Å². The SMILES string of the molecule is CCCNC(Cc1ccc(F)cc1Br)c1coc(C)c1. The molecule has 1 N–H and O–H groups in total. The van der Waals surface area contributed by atoms with Crippen molar-refractivity contribution in [3.63, 3.8) is 0 Å². The molecular formula is C16H19BrFNO. The molecule has 0 aliphatic rings. The Morgan fingerprint density at radius 2 is 2.15 bits per heavy atom. The standard InChI is InChI=1S/C16H19BrFNO/c1-3-6-19-16(13-7-11(2)20-10-13)8-12-4-5-14(18)9-15(12)17/h4-5,7,9-10,16,19H,3,6,8H2,1-2H3. The van der Waals surface area contributed by atoms with E-state index in [9.17, 15) is 4.39 Å². The van der Waals surface area contributed by atoms with Gasteiger partial charge in [-0.3, -0.25) is 0 Å². The molecule has 1 aromatic carbocycles. The zero-order chi connectivity index (χ0) is 14.5. The molecule has 0 radical (unpaired) electrons. The molecule has 2 rings (SSSR count). The van der Waals surface area contributed by atoms with Crippen molar-refractivity contribution in [2.24, 2.45) is 0 Å². The van der Waals surface area contributed by atoms with E-state index in [1.165, 1.54) is 12.1 Å². The van der Waals surface area contributed by atoms with E-state index in [4.69, 9.17) is 4.42 Å². The lowest BCUT2D eigenvalue weighted by Crippen LogP contribution is -2.23. The molecule has 20 heavy (non-hydrogen) atoms. The van der Waals surface area contributed by atoms with Crippen LogP contribution in [0.1, 0.15) is 36.3 Å². The third-order valence-corrected chi connectivity index (χ3v) is 3.97. The Kier molecular flexibility index (Phi) is 5.38. The molecular weight excluding hydrogens is 321 g/mol. The zero-order valence-corrected chi connectivity index (χ0v) is 13.3. The molecule has 1 heterocycles. The summed E-state index contributed by atoms with van der Waals surface area (Å²) in [5.74, 6) is 0.680. The summed E-state index contributed by atoms with van der Waals surface area (Å²) in [4.78, 5) is 0. The molecule has 0 fully saturated rings. The third kappa shape index (κ3) is 3.93. The Bertz CT molecular complexity index is 567. The normalized spacial score (nSPS) is 12.6. The molecule has 0 aliphatic carbocycles. The summed E-state index contributed by atoms with van der Waals surface area (Å²) in [6.07, 6.45) is 3.65. The number of nitrogens with one attached hydrogen (secondary N) is 1. The summed E-state index contributed by atoms with van der Waals surface area (Å²) in [6, 6.07) is 7.05. The van der Waals surface area contributed by atoms with Gasteiger partial charge in [-0.05, 0) is 50.1 Å². The first-order valence-electron chi connectivity index (χ1n) is 6.82. The van der Waals surface area contributed by atoms with Crippen LogP contribution in [-0.2, 0) is 6.42 Å². The van der Waals surface area contributed by atoms with E-state index in [1.54, 1.807) is 6.26 Å². The van der Waals surface area contributed by atoms with Crippen molar-refractivity contribution in [1.82, 2.24) is 5.32 Å². The highest BCUT2D eigenvalue weighted by molar-refractivity contribution is 9.10. The van der Waals surface area contributed by atoms with Gasteiger partial charge in [0.15, 0.2) is 0 Å². The lowest BCUT2D eigenvalue weighted by atomic mass is 10.0. The highest BCUT2D eigenvalue weighted by Gasteiger charge is 2.15. The average molecular weight is 340 g/mol. The van der Waals surface area contributed by atoms with Gasteiger partial charge in [0.1, 0.15) is 11.6 Å². The molecule has 1 aromatic heterocycles. The lowest BCUT2D eigenvalue weighted by molar-refractivity contribution is 0.503. The molecule has 108 valence electrons. The van der Waals surface area contributed by atoms with Gasteiger partial charge in [0.25, 0.3) is 0 Å². The van der Waals surface area contributed by atoms with E-state index in [2.05, 4.69) is 28.2 Å². The average Bonchev–Trinajstić information content (AvgIpc) is 2.83. The maximum Gasteiger partial charge on any atom is 0.124 e. The van der Waals surface area contributed by atoms with Crippen molar-refractivity contribution in [1.29, 1.82) is 0 Å². The quantitative estimate of drug-likeness (QED) is 0.819. The molecule has 0 spiro atoms. The Morgan fingerprint density at radius 1 is 1.35 bits per heavy atom. The summed E-state index contributed by atoms with van der Waals surface area (Å²) >= 11 is 3.43. The molecule has 1 atom stereocenters. The van der Waals surface area contributed by atoms with E-state index in [1.807, 2.05) is 19.1 Å². The largest absolute Gasteiger partial charge is 0.469 e. The maximum absolute atomic E-state index is 13.2. The number of furan rings is 1. The summed E-state index contributed by atoms with van der Waals surface area (Å²) in [7, 11) is 0. The smallest absolute Gasteiger partial charge is 0.124 e. The number of hydrogen-bond acceptors (Lipinski definition) is 2. The molecule has 0 bridgehead atoms. The first kappa shape index (κ1) is 15.3. The first-order valence-corrected chi connectivity index (χ1v) is 7.61. The number of benzene rings is 1. The number of hydrogen-bond donors (Lipinski definition) is 1. The highest BCUT2D eigenvalue weighted by Crippen LogP contribution is 2.26. The fourth-order valence-electron chi connectivity index (χ4n) is 2.18. The summed E-state index contributed by atoms with van der Waals surface area (Å²) < 4.78 is 19.4. The van der Waals surface area contributed by atoms with Gasteiger partial charge in [-0.25, -0.2) is 4.39 Å². The van der Waals surface area contributed by atoms with Gasteiger partial charge in [-0.2, -0.15) is 0 Å². The monoisotopic (exact) mass is 339 g/mol. The van der Waals surface area contributed by atoms with Gasteiger partial charge >= 0.3 is 0 Å². The van der Waals surface area contributed by atoms with Gasteiger partial charge in [-0.1, -0.05) is 28.9 Å². The Labute approximate surface area is 127 Å². The van der Waals surface area contributed by atoms with Crippen molar-refractivity contribution in [3.05, 3.63) is 57.7 Å². The van der Waals surface area contributed by atoms with Crippen molar-refractivity contribution in [2.45, 2.75) is 32.7 Å². The van der Waals surface area contributed by atoms with E-state index in [-0.39, 0.29) is 11.9 Å². The first-order chi connectivity index (χ1) is 9.60. The highest BCUT2D eigenvalue weighted by atomic mass is 79.9. The second-order valence-electron chi connectivity index (χ2n) is 4.94. The van der Waals surface area contributed by atoms with Crippen molar-refractivity contribution < 1.29 is 8.81 Å². The van der Waals surface area contributed by atoms with Crippen molar-refractivity contribution in [2.75, 3.05) is 6.54 Å². The predicted molar refractivity (Wildman–Crippen MR) is 82.3 cm³/mol. The second-order valence-corrected chi connectivity index (χ2v) is 5.79. The third-order valence-electron chi connectivity index (χ3n) is 3.23. The maximum atomic E-state index is 13.2. The zero-order valence-electron chi connectivity index (χ0n) is 11.7. The minimum absolute atomic E-state index is 0.175. The van der Waals surface area contributed by atoms with Crippen LogP contribution in [0.4, 0.5) is 4.39 Å². The van der Waals surface area contributed by atoms with E-state index in [0.29, 0.717) is 0 Å². The Morgan fingerprint density at radius 3 is 2.75 bits per heavy atom. The van der Waals surface area contributed by atoms with E-state index < -0.39 is 0 Å². The number of aryl methyl sites for hydroxylation is 1. The molecule has 0 amide bonds.